The fraction of sp³-hybridized carbons (Fsp3) is 0.154. The van der Waals surface area contributed by atoms with Crippen molar-refractivity contribution in [1.82, 2.24) is 4.98 Å². The number of hydrogen-bond acceptors (Lipinski definition) is 2. The first kappa shape index (κ1) is 11.1. The summed E-state index contributed by atoms with van der Waals surface area (Å²) in [5.74, 6) is 0. The van der Waals surface area contributed by atoms with E-state index in [1.807, 2.05) is 37.3 Å². The van der Waals surface area contributed by atoms with Gasteiger partial charge in [0.2, 0.25) is 0 Å². The SMILES string of the molecule is C/C(=C/c1ccc(Cl)c2cccnc12)CO. The molecule has 1 aromatic heterocycles. The predicted molar refractivity (Wildman–Crippen MR) is 67.5 cm³/mol. The summed E-state index contributed by atoms with van der Waals surface area (Å²) >= 11 is 6.09. The van der Waals surface area contributed by atoms with E-state index in [0.717, 1.165) is 22.0 Å². The molecule has 0 amide bonds. The molecule has 2 rings (SSSR count). The highest BCUT2D eigenvalue weighted by Crippen LogP contribution is 2.25. The van der Waals surface area contributed by atoms with E-state index in [1.165, 1.54) is 0 Å². The maximum absolute atomic E-state index is 9.01. The van der Waals surface area contributed by atoms with Gasteiger partial charge in [0.25, 0.3) is 0 Å². The van der Waals surface area contributed by atoms with Crippen LogP contribution in [0.1, 0.15) is 12.5 Å². The molecular formula is C13H12ClNO. The van der Waals surface area contributed by atoms with Gasteiger partial charge in [-0.2, -0.15) is 0 Å². The van der Waals surface area contributed by atoms with Gasteiger partial charge in [-0.3, -0.25) is 4.98 Å². The van der Waals surface area contributed by atoms with Crippen molar-refractivity contribution in [2.45, 2.75) is 6.92 Å². The molecule has 0 unspecified atom stereocenters. The number of halogens is 1. The number of pyridine rings is 1. The highest BCUT2D eigenvalue weighted by atomic mass is 35.5. The van der Waals surface area contributed by atoms with Crippen LogP contribution in [-0.2, 0) is 0 Å². The van der Waals surface area contributed by atoms with Gasteiger partial charge in [0.1, 0.15) is 0 Å². The Bertz CT molecular complexity index is 549. The zero-order valence-corrected chi connectivity index (χ0v) is 9.70. The quantitative estimate of drug-likeness (QED) is 0.864. The maximum atomic E-state index is 9.01. The Hall–Kier alpha value is -1.38. The zero-order valence-electron chi connectivity index (χ0n) is 8.94. The number of rotatable bonds is 2. The average Bonchev–Trinajstić information content (AvgIpc) is 2.33. The summed E-state index contributed by atoms with van der Waals surface area (Å²) in [4.78, 5) is 4.32. The molecule has 0 aliphatic rings. The fourth-order valence-corrected chi connectivity index (χ4v) is 1.80. The van der Waals surface area contributed by atoms with E-state index in [0.29, 0.717) is 5.02 Å². The second kappa shape index (κ2) is 4.64. The van der Waals surface area contributed by atoms with Gasteiger partial charge in [-0.15, -0.1) is 0 Å². The number of aliphatic hydroxyl groups is 1. The minimum absolute atomic E-state index is 0.0525. The maximum Gasteiger partial charge on any atom is 0.0789 e. The van der Waals surface area contributed by atoms with E-state index < -0.39 is 0 Å². The smallest absolute Gasteiger partial charge is 0.0789 e. The second-order valence-corrected chi connectivity index (χ2v) is 4.09. The molecular weight excluding hydrogens is 222 g/mol. The Kier molecular flexibility index (Phi) is 3.22. The minimum Gasteiger partial charge on any atom is -0.392 e. The van der Waals surface area contributed by atoms with Gasteiger partial charge in [-0.25, -0.2) is 0 Å². The van der Waals surface area contributed by atoms with Crippen molar-refractivity contribution in [1.29, 1.82) is 0 Å². The van der Waals surface area contributed by atoms with Gasteiger partial charge in [0.05, 0.1) is 17.1 Å². The van der Waals surface area contributed by atoms with Crippen molar-refractivity contribution < 1.29 is 5.11 Å². The molecule has 0 saturated carbocycles. The molecule has 1 N–H and O–H groups in total. The molecule has 0 saturated heterocycles. The topological polar surface area (TPSA) is 33.1 Å². The standard InChI is InChI=1S/C13H12ClNO/c1-9(8-16)7-10-4-5-12(14)11-3-2-6-15-13(10)11/h2-7,16H,8H2,1H3/b9-7-. The predicted octanol–water partition coefficient (Wildman–Crippen LogP) is 3.28. The fourth-order valence-electron chi connectivity index (χ4n) is 1.59. The van der Waals surface area contributed by atoms with Crippen LogP contribution < -0.4 is 0 Å². The zero-order chi connectivity index (χ0) is 11.5. The summed E-state index contributed by atoms with van der Waals surface area (Å²) in [6, 6.07) is 7.57. The lowest BCUT2D eigenvalue weighted by Crippen LogP contribution is -1.87. The van der Waals surface area contributed by atoms with Crippen LogP contribution in [-0.4, -0.2) is 16.7 Å². The summed E-state index contributed by atoms with van der Waals surface area (Å²) in [6.45, 7) is 1.93. The van der Waals surface area contributed by atoms with E-state index in [4.69, 9.17) is 16.7 Å². The van der Waals surface area contributed by atoms with Crippen molar-refractivity contribution in [2.75, 3.05) is 6.61 Å². The summed E-state index contributed by atoms with van der Waals surface area (Å²) in [5, 5.41) is 10.6. The number of benzene rings is 1. The van der Waals surface area contributed by atoms with Crippen molar-refractivity contribution in [2.24, 2.45) is 0 Å². The second-order valence-electron chi connectivity index (χ2n) is 3.68. The lowest BCUT2D eigenvalue weighted by Gasteiger charge is -2.04. The van der Waals surface area contributed by atoms with Crippen LogP contribution in [0.3, 0.4) is 0 Å². The molecule has 2 nitrogen and oxygen atoms in total. The van der Waals surface area contributed by atoms with E-state index in [2.05, 4.69) is 4.98 Å². The summed E-state index contributed by atoms with van der Waals surface area (Å²) in [5.41, 5.74) is 2.74. The Morgan fingerprint density at radius 2 is 2.25 bits per heavy atom. The first-order valence-corrected chi connectivity index (χ1v) is 5.41. The van der Waals surface area contributed by atoms with Crippen LogP contribution in [0.5, 0.6) is 0 Å². The van der Waals surface area contributed by atoms with Crippen molar-refractivity contribution in [3.8, 4) is 0 Å². The number of hydrogen-bond donors (Lipinski definition) is 1. The molecule has 0 atom stereocenters. The van der Waals surface area contributed by atoms with Crippen LogP contribution in [0, 0.1) is 0 Å². The van der Waals surface area contributed by atoms with Gasteiger partial charge < -0.3 is 5.11 Å². The molecule has 82 valence electrons. The minimum atomic E-state index is 0.0525. The van der Waals surface area contributed by atoms with Crippen molar-refractivity contribution in [3.63, 3.8) is 0 Å². The lowest BCUT2D eigenvalue weighted by atomic mass is 10.1. The largest absolute Gasteiger partial charge is 0.392 e. The summed E-state index contributed by atoms with van der Waals surface area (Å²) in [6.07, 6.45) is 3.66. The molecule has 0 fully saturated rings. The number of aromatic nitrogens is 1. The van der Waals surface area contributed by atoms with E-state index >= 15 is 0 Å². The molecule has 0 radical (unpaired) electrons. The van der Waals surface area contributed by atoms with Crippen LogP contribution in [0.4, 0.5) is 0 Å². The summed E-state index contributed by atoms with van der Waals surface area (Å²) in [7, 11) is 0. The van der Waals surface area contributed by atoms with Gasteiger partial charge in [-0.05, 0) is 30.7 Å². The highest BCUT2D eigenvalue weighted by Gasteiger charge is 2.03. The van der Waals surface area contributed by atoms with Crippen molar-refractivity contribution in [3.05, 3.63) is 46.6 Å². The number of nitrogens with zero attached hydrogens (tertiary/aromatic N) is 1. The highest BCUT2D eigenvalue weighted by molar-refractivity contribution is 6.35. The molecule has 1 heterocycles. The monoisotopic (exact) mass is 233 g/mol. The number of fused-ring (bicyclic) bond motifs is 1. The Labute approximate surface area is 99.2 Å². The molecule has 16 heavy (non-hydrogen) atoms. The van der Waals surface area contributed by atoms with Gasteiger partial charge in [0, 0.05) is 17.1 Å². The summed E-state index contributed by atoms with van der Waals surface area (Å²) < 4.78 is 0. The normalized spacial score (nSPS) is 12.1. The third kappa shape index (κ3) is 2.08. The van der Waals surface area contributed by atoms with Crippen LogP contribution in [0.25, 0.3) is 17.0 Å². The molecule has 1 aromatic carbocycles. The Morgan fingerprint density at radius 3 is 3.00 bits per heavy atom. The van der Waals surface area contributed by atoms with Crippen LogP contribution in [0.15, 0.2) is 36.0 Å². The first-order valence-electron chi connectivity index (χ1n) is 5.03. The molecule has 0 bridgehead atoms. The molecule has 2 aromatic rings. The van der Waals surface area contributed by atoms with Crippen LogP contribution in [0.2, 0.25) is 5.02 Å². The van der Waals surface area contributed by atoms with E-state index in [9.17, 15) is 0 Å². The molecule has 0 aliphatic heterocycles. The third-order valence-corrected chi connectivity index (χ3v) is 2.73. The van der Waals surface area contributed by atoms with E-state index in [1.54, 1.807) is 6.20 Å². The average molecular weight is 234 g/mol. The first-order chi connectivity index (χ1) is 7.72. The van der Waals surface area contributed by atoms with Gasteiger partial charge >= 0.3 is 0 Å². The lowest BCUT2D eigenvalue weighted by molar-refractivity contribution is 0.332. The van der Waals surface area contributed by atoms with Gasteiger partial charge in [0.15, 0.2) is 0 Å². The molecule has 0 spiro atoms. The third-order valence-electron chi connectivity index (χ3n) is 2.40. The van der Waals surface area contributed by atoms with Crippen molar-refractivity contribution >= 4 is 28.6 Å². The Balaban J connectivity index is 2.68. The van der Waals surface area contributed by atoms with Gasteiger partial charge in [-0.1, -0.05) is 23.7 Å². The Morgan fingerprint density at radius 1 is 1.44 bits per heavy atom. The number of aliphatic hydroxyl groups excluding tert-OH is 1. The van der Waals surface area contributed by atoms with Crippen LogP contribution >= 0.6 is 11.6 Å². The molecule has 0 aliphatic carbocycles. The molecule has 3 heteroatoms. The van der Waals surface area contributed by atoms with E-state index in [-0.39, 0.29) is 6.61 Å².